The highest BCUT2D eigenvalue weighted by Gasteiger charge is 2.20. The molecule has 0 saturated heterocycles. The zero-order valence-electron chi connectivity index (χ0n) is 8.61. The average Bonchev–Trinajstić information content (AvgIpc) is 2.95. The Kier molecular flexibility index (Phi) is 3.14. The fraction of sp³-hybridized carbons (Fsp3) is 0.222. The zero-order valence-corrected chi connectivity index (χ0v) is 9.42. The third kappa shape index (κ3) is 2.16. The Morgan fingerprint density at radius 1 is 1.59 bits per heavy atom. The van der Waals surface area contributed by atoms with Crippen LogP contribution in [0.2, 0.25) is 0 Å². The molecule has 0 aliphatic carbocycles. The molecule has 5 nitrogen and oxygen atoms in total. The number of nitrogens with one attached hydrogen (secondary N) is 1. The number of aromatic amines is 1. The summed E-state index contributed by atoms with van der Waals surface area (Å²) in [7, 11) is 1.22. The van der Waals surface area contributed by atoms with Crippen molar-refractivity contribution in [1.29, 1.82) is 0 Å². The van der Waals surface area contributed by atoms with E-state index in [0.717, 1.165) is 11.3 Å². The number of rotatable bonds is 3. The van der Waals surface area contributed by atoms with Crippen molar-refractivity contribution in [2.45, 2.75) is 6.43 Å². The van der Waals surface area contributed by atoms with E-state index in [1.54, 1.807) is 0 Å². The van der Waals surface area contributed by atoms with Gasteiger partial charge in [-0.15, -0.1) is 11.3 Å². The summed E-state index contributed by atoms with van der Waals surface area (Å²) in [6, 6.07) is 0. The highest BCUT2D eigenvalue weighted by molar-refractivity contribution is 7.13. The lowest BCUT2D eigenvalue weighted by Gasteiger charge is -1.97. The van der Waals surface area contributed by atoms with Gasteiger partial charge in [-0.1, -0.05) is 0 Å². The number of carbonyl (C=O) groups is 1. The van der Waals surface area contributed by atoms with Gasteiger partial charge < -0.3 is 4.74 Å². The Morgan fingerprint density at radius 2 is 2.35 bits per heavy atom. The van der Waals surface area contributed by atoms with Crippen LogP contribution in [0.4, 0.5) is 8.78 Å². The van der Waals surface area contributed by atoms with Gasteiger partial charge in [-0.05, 0) is 0 Å². The SMILES string of the molecule is COC(=O)c1[nH]ncc1-c1nc(C(F)F)cs1. The largest absolute Gasteiger partial charge is 0.464 e. The molecule has 17 heavy (non-hydrogen) atoms. The van der Waals surface area contributed by atoms with Crippen molar-refractivity contribution in [3.8, 4) is 10.6 Å². The van der Waals surface area contributed by atoms with Gasteiger partial charge in [-0.2, -0.15) is 5.10 Å². The number of aromatic nitrogens is 3. The van der Waals surface area contributed by atoms with Gasteiger partial charge in [-0.3, -0.25) is 5.10 Å². The van der Waals surface area contributed by atoms with E-state index >= 15 is 0 Å². The lowest BCUT2D eigenvalue weighted by Crippen LogP contribution is -2.03. The summed E-state index contributed by atoms with van der Waals surface area (Å²) in [6.07, 6.45) is -1.28. The number of halogens is 2. The minimum atomic E-state index is -2.63. The summed E-state index contributed by atoms with van der Waals surface area (Å²) in [5.41, 5.74) is 0.137. The molecule has 0 unspecified atom stereocenters. The van der Waals surface area contributed by atoms with Crippen LogP contribution in [0.15, 0.2) is 11.6 Å². The first kappa shape index (κ1) is 11.6. The second-order valence-corrected chi connectivity index (χ2v) is 3.89. The maximum atomic E-state index is 12.4. The first-order valence-electron chi connectivity index (χ1n) is 4.49. The number of esters is 1. The van der Waals surface area contributed by atoms with Gasteiger partial charge in [0, 0.05) is 5.38 Å². The molecule has 0 saturated carbocycles. The van der Waals surface area contributed by atoms with Crippen LogP contribution < -0.4 is 0 Å². The lowest BCUT2D eigenvalue weighted by molar-refractivity contribution is 0.0595. The van der Waals surface area contributed by atoms with Gasteiger partial charge in [-0.25, -0.2) is 18.6 Å². The summed E-state index contributed by atoms with van der Waals surface area (Å²) in [5.74, 6) is -0.619. The highest BCUT2D eigenvalue weighted by Crippen LogP contribution is 2.29. The molecule has 0 aliphatic heterocycles. The molecule has 0 spiro atoms. The predicted molar refractivity (Wildman–Crippen MR) is 56.0 cm³/mol. The molecular weight excluding hydrogens is 252 g/mol. The van der Waals surface area contributed by atoms with E-state index in [9.17, 15) is 13.6 Å². The molecule has 2 rings (SSSR count). The van der Waals surface area contributed by atoms with Crippen molar-refractivity contribution >= 4 is 17.3 Å². The van der Waals surface area contributed by atoms with Crippen molar-refractivity contribution < 1.29 is 18.3 Å². The second kappa shape index (κ2) is 4.58. The van der Waals surface area contributed by atoms with Crippen molar-refractivity contribution in [3.63, 3.8) is 0 Å². The Morgan fingerprint density at radius 3 is 2.94 bits per heavy atom. The first-order valence-corrected chi connectivity index (χ1v) is 5.37. The molecule has 0 amide bonds. The van der Waals surface area contributed by atoms with Gasteiger partial charge in [0.1, 0.15) is 10.7 Å². The molecule has 0 radical (unpaired) electrons. The fourth-order valence-corrected chi connectivity index (χ4v) is 2.04. The molecule has 90 valence electrons. The van der Waals surface area contributed by atoms with Crippen molar-refractivity contribution in [2.24, 2.45) is 0 Å². The molecule has 0 aliphatic rings. The Bertz CT molecular complexity index is 538. The summed E-state index contributed by atoms with van der Waals surface area (Å²) in [6.45, 7) is 0. The topological polar surface area (TPSA) is 67.9 Å². The Labute approximate surface area is 98.4 Å². The number of nitrogens with zero attached hydrogens (tertiary/aromatic N) is 2. The van der Waals surface area contributed by atoms with Gasteiger partial charge in [0.05, 0.1) is 18.9 Å². The van der Waals surface area contributed by atoms with E-state index in [1.807, 2.05) is 0 Å². The zero-order chi connectivity index (χ0) is 12.4. The standard InChI is InChI=1S/C9H7F2N3O2S/c1-16-9(15)6-4(2-12-14-6)8-13-5(3-17-8)7(10)11/h2-3,7H,1H3,(H,12,14). The van der Waals surface area contributed by atoms with Crippen LogP contribution in [0.5, 0.6) is 0 Å². The highest BCUT2D eigenvalue weighted by atomic mass is 32.1. The number of methoxy groups -OCH3 is 1. The van der Waals surface area contributed by atoms with Gasteiger partial charge in [0.2, 0.25) is 0 Å². The van der Waals surface area contributed by atoms with Gasteiger partial charge in [0.15, 0.2) is 5.69 Å². The monoisotopic (exact) mass is 259 g/mol. The van der Waals surface area contributed by atoms with E-state index < -0.39 is 12.4 Å². The summed E-state index contributed by atoms with van der Waals surface area (Å²) >= 11 is 1.02. The number of hydrogen-bond acceptors (Lipinski definition) is 5. The van der Waals surface area contributed by atoms with Crippen molar-refractivity contribution in [3.05, 3.63) is 23.0 Å². The number of thiazole rings is 1. The average molecular weight is 259 g/mol. The van der Waals surface area contributed by atoms with Gasteiger partial charge in [0.25, 0.3) is 6.43 Å². The van der Waals surface area contributed by atoms with Crippen molar-refractivity contribution in [1.82, 2.24) is 15.2 Å². The van der Waals surface area contributed by atoms with E-state index in [4.69, 9.17) is 0 Å². The minimum Gasteiger partial charge on any atom is -0.464 e. The van der Waals surface area contributed by atoms with Crippen LogP contribution in [0.25, 0.3) is 10.6 Å². The van der Waals surface area contributed by atoms with Crippen molar-refractivity contribution in [2.75, 3.05) is 7.11 Å². The van der Waals surface area contributed by atoms with E-state index in [2.05, 4.69) is 19.9 Å². The lowest BCUT2D eigenvalue weighted by atomic mass is 10.2. The van der Waals surface area contributed by atoms with Crippen LogP contribution >= 0.6 is 11.3 Å². The second-order valence-electron chi connectivity index (χ2n) is 3.03. The maximum Gasteiger partial charge on any atom is 0.356 e. The minimum absolute atomic E-state index is 0.0997. The Balaban J connectivity index is 2.39. The summed E-state index contributed by atoms with van der Waals surface area (Å²) in [4.78, 5) is 15.1. The molecule has 2 heterocycles. The predicted octanol–water partition coefficient (Wildman–Crippen LogP) is 2.26. The maximum absolute atomic E-state index is 12.4. The normalized spacial score (nSPS) is 10.8. The third-order valence-electron chi connectivity index (χ3n) is 2.00. The van der Waals surface area contributed by atoms with Crippen LogP contribution in [0.3, 0.4) is 0 Å². The van der Waals surface area contributed by atoms with E-state index in [1.165, 1.54) is 18.7 Å². The van der Waals surface area contributed by atoms with E-state index in [-0.39, 0.29) is 11.4 Å². The molecule has 1 N–H and O–H groups in total. The van der Waals surface area contributed by atoms with Gasteiger partial charge >= 0.3 is 5.97 Å². The number of H-pyrrole nitrogens is 1. The Hall–Kier alpha value is -1.83. The summed E-state index contributed by atoms with van der Waals surface area (Å²) < 4.78 is 29.3. The summed E-state index contributed by atoms with van der Waals surface area (Å²) in [5, 5.41) is 7.67. The van der Waals surface area contributed by atoms with E-state index in [0.29, 0.717) is 10.6 Å². The molecule has 0 fully saturated rings. The molecule has 0 bridgehead atoms. The third-order valence-corrected chi connectivity index (χ3v) is 2.90. The molecule has 0 aromatic carbocycles. The molecular formula is C9H7F2N3O2S. The van der Waals surface area contributed by atoms with Crippen LogP contribution in [-0.2, 0) is 4.74 Å². The number of alkyl halides is 2. The van der Waals surface area contributed by atoms with Crippen LogP contribution in [-0.4, -0.2) is 28.3 Å². The quantitative estimate of drug-likeness (QED) is 0.858. The van der Waals surface area contributed by atoms with Crippen LogP contribution in [0, 0.1) is 0 Å². The molecule has 8 heteroatoms. The fourth-order valence-electron chi connectivity index (χ4n) is 1.22. The molecule has 2 aromatic heterocycles. The number of ether oxygens (including phenoxy) is 1. The molecule has 2 aromatic rings. The molecule has 0 atom stereocenters. The number of hydrogen-bond donors (Lipinski definition) is 1. The first-order chi connectivity index (χ1) is 8.13. The number of carbonyl (C=O) groups excluding carboxylic acids is 1. The smallest absolute Gasteiger partial charge is 0.356 e. The van der Waals surface area contributed by atoms with Crippen LogP contribution in [0.1, 0.15) is 22.6 Å².